The van der Waals surface area contributed by atoms with Gasteiger partial charge in [0.1, 0.15) is 17.4 Å². The van der Waals surface area contributed by atoms with Gasteiger partial charge in [0.25, 0.3) is 0 Å². The van der Waals surface area contributed by atoms with Gasteiger partial charge in [-0.3, -0.25) is 4.57 Å². The molecule has 0 aliphatic rings. The second-order valence-electron chi connectivity index (χ2n) is 6.78. The molecule has 7 nitrogen and oxygen atoms in total. The Balaban J connectivity index is 1.48. The minimum atomic E-state index is -0.0724. The lowest BCUT2D eigenvalue weighted by Crippen LogP contribution is -2.00. The van der Waals surface area contributed by atoms with E-state index < -0.39 is 0 Å². The summed E-state index contributed by atoms with van der Waals surface area (Å²) in [6.07, 6.45) is 0. The van der Waals surface area contributed by atoms with E-state index in [0.29, 0.717) is 11.0 Å². The predicted octanol–water partition coefficient (Wildman–Crippen LogP) is 5.46. The number of rotatable bonds is 6. The van der Waals surface area contributed by atoms with Crippen molar-refractivity contribution < 1.29 is 5.11 Å². The van der Waals surface area contributed by atoms with Crippen LogP contribution in [-0.4, -0.2) is 35.6 Å². The van der Waals surface area contributed by atoms with Gasteiger partial charge in [-0.1, -0.05) is 48.2 Å². The zero-order chi connectivity index (χ0) is 21.9. The fourth-order valence-electron chi connectivity index (χ4n) is 3.27. The number of para-hydroxylation sites is 3. The van der Waals surface area contributed by atoms with E-state index in [2.05, 4.69) is 26.2 Å². The summed E-state index contributed by atoms with van der Waals surface area (Å²) in [5, 5.41) is 31.7. The van der Waals surface area contributed by atoms with E-state index in [1.807, 2.05) is 76.7 Å². The summed E-state index contributed by atoms with van der Waals surface area (Å²) in [6, 6.07) is 23.3. The van der Waals surface area contributed by atoms with Crippen LogP contribution in [0.15, 0.2) is 83.0 Å². The summed E-state index contributed by atoms with van der Waals surface area (Å²) in [5.41, 5.74) is 2.57. The smallest absolute Gasteiger partial charge is 0.196 e. The number of thiophene rings is 1. The number of hydrogen-bond donors (Lipinski definition) is 2. The molecule has 0 aliphatic carbocycles. The molecule has 0 saturated carbocycles. The van der Waals surface area contributed by atoms with Crippen LogP contribution >= 0.6 is 23.1 Å². The Morgan fingerprint density at radius 2 is 1.88 bits per heavy atom. The van der Waals surface area contributed by atoms with Crippen molar-refractivity contribution in [3.63, 3.8) is 0 Å². The van der Waals surface area contributed by atoms with Gasteiger partial charge in [-0.15, -0.1) is 21.5 Å². The molecule has 3 aromatic heterocycles. The van der Waals surface area contributed by atoms with Crippen LogP contribution in [0.25, 0.3) is 33.0 Å². The lowest BCUT2D eigenvalue weighted by molar-refractivity contribution is 0.420. The molecule has 9 heteroatoms. The standard InChI is InChI=1S/C23H16N6OS2/c24-13-16(21-25-17-9-4-5-10-18(17)26-21)19(30)14-32-23-28-27-22(20-11-6-12-31-20)29(23)15-7-2-1-3-8-15/h1-12,30H,14H2,(H,25,26)/b19-16-. The molecule has 2 aromatic carbocycles. The van der Waals surface area contributed by atoms with E-state index in [4.69, 9.17) is 0 Å². The van der Waals surface area contributed by atoms with Gasteiger partial charge < -0.3 is 10.1 Å². The van der Waals surface area contributed by atoms with Crippen LogP contribution in [0.5, 0.6) is 0 Å². The van der Waals surface area contributed by atoms with E-state index in [1.165, 1.54) is 11.8 Å². The Kier molecular flexibility index (Phi) is 5.46. The second-order valence-corrected chi connectivity index (χ2v) is 8.67. The van der Waals surface area contributed by atoms with Crippen molar-refractivity contribution in [2.45, 2.75) is 5.16 Å². The molecule has 5 aromatic rings. The number of allylic oxidation sites excluding steroid dienone is 1. The molecule has 0 amide bonds. The van der Waals surface area contributed by atoms with Crippen LogP contribution in [0.1, 0.15) is 5.82 Å². The van der Waals surface area contributed by atoms with Crippen LogP contribution in [0.4, 0.5) is 0 Å². The largest absolute Gasteiger partial charge is 0.510 e. The summed E-state index contributed by atoms with van der Waals surface area (Å²) >= 11 is 2.89. The zero-order valence-corrected chi connectivity index (χ0v) is 18.3. The fraction of sp³-hybridized carbons (Fsp3) is 0.0435. The van der Waals surface area contributed by atoms with Gasteiger partial charge in [0.2, 0.25) is 0 Å². The summed E-state index contributed by atoms with van der Waals surface area (Å²) < 4.78 is 1.96. The number of thioether (sulfide) groups is 1. The first-order valence-corrected chi connectivity index (χ1v) is 11.6. The third-order valence-corrected chi connectivity index (χ3v) is 6.56. The van der Waals surface area contributed by atoms with Gasteiger partial charge in [-0.05, 0) is 35.7 Å². The van der Waals surface area contributed by atoms with Crippen molar-refractivity contribution in [2.75, 3.05) is 5.75 Å². The van der Waals surface area contributed by atoms with E-state index in [0.717, 1.165) is 27.4 Å². The number of imidazole rings is 1. The highest BCUT2D eigenvalue weighted by molar-refractivity contribution is 7.99. The molecule has 156 valence electrons. The Labute approximate surface area is 191 Å². The van der Waals surface area contributed by atoms with Crippen molar-refractivity contribution >= 4 is 39.7 Å². The number of nitriles is 1. The van der Waals surface area contributed by atoms with Gasteiger partial charge >= 0.3 is 0 Å². The van der Waals surface area contributed by atoms with Crippen LogP contribution in [0, 0.1) is 11.3 Å². The molecule has 3 heterocycles. The number of hydrogen-bond acceptors (Lipinski definition) is 7. The molecule has 5 rings (SSSR count). The van der Waals surface area contributed by atoms with Crippen molar-refractivity contribution in [1.29, 1.82) is 5.26 Å². The molecule has 0 spiro atoms. The number of benzene rings is 2. The molecule has 0 atom stereocenters. The molecular weight excluding hydrogens is 440 g/mol. The van der Waals surface area contributed by atoms with Crippen molar-refractivity contribution in [3.8, 4) is 22.5 Å². The first kappa shape index (κ1) is 20.1. The Morgan fingerprint density at radius 1 is 1.06 bits per heavy atom. The fourth-order valence-corrected chi connectivity index (χ4v) is 4.80. The Morgan fingerprint density at radius 3 is 2.62 bits per heavy atom. The zero-order valence-electron chi connectivity index (χ0n) is 16.6. The van der Waals surface area contributed by atoms with Gasteiger partial charge in [-0.2, -0.15) is 5.26 Å². The number of aliphatic hydroxyl groups is 1. The molecule has 0 radical (unpaired) electrons. The third kappa shape index (κ3) is 3.77. The lowest BCUT2D eigenvalue weighted by atomic mass is 10.2. The summed E-state index contributed by atoms with van der Waals surface area (Å²) in [6.45, 7) is 0. The van der Waals surface area contributed by atoms with Gasteiger partial charge in [0, 0.05) is 5.69 Å². The number of fused-ring (bicyclic) bond motifs is 1. The Bertz CT molecular complexity index is 1410. The number of nitrogens with one attached hydrogen (secondary N) is 1. The maximum absolute atomic E-state index is 10.7. The molecule has 2 N–H and O–H groups in total. The quantitative estimate of drug-likeness (QED) is 0.200. The topological polar surface area (TPSA) is 103 Å². The minimum Gasteiger partial charge on any atom is -0.510 e. The summed E-state index contributed by atoms with van der Waals surface area (Å²) in [7, 11) is 0. The number of nitrogens with zero attached hydrogens (tertiary/aromatic N) is 5. The Hall–Kier alpha value is -3.87. The van der Waals surface area contributed by atoms with Crippen molar-refractivity contribution in [2.24, 2.45) is 0 Å². The monoisotopic (exact) mass is 456 g/mol. The molecule has 0 unspecified atom stereocenters. The molecule has 0 fully saturated rings. The average Bonchev–Trinajstić information content (AvgIpc) is 3.57. The number of aromatic nitrogens is 5. The van der Waals surface area contributed by atoms with E-state index in [-0.39, 0.29) is 17.1 Å². The highest BCUT2D eigenvalue weighted by atomic mass is 32.2. The highest BCUT2D eigenvalue weighted by Gasteiger charge is 2.19. The molecule has 0 aliphatic heterocycles. The van der Waals surface area contributed by atoms with E-state index in [1.54, 1.807) is 11.3 Å². The molecule has 32 heavy (non-hydrogen) atoms. The predicted molar refractivity (Wildman–Crippen MR) is 127 cm³/mol. The first-order chi connectivity index (χ1) is 15.7. The lowest BCUT2D eigenvalue weighted by Gasteiger charge is -2.09. The van der Waals surface area contributed by atoms with Crippen LogP contribution in [-0.2, 0) is 0 Å². The minimum absolute atomic E-state index is 0.0724. The van der Waals surface area contributed by atoms with Gasteiger partial charge in [0.15, 0.2) is 16.8 Å². The molecular formula is C23H16N6OS2. The number of H-pyrrole nitrogens is 1. The normalized spacial score (nSPS) is 12.0. The maximum Gasteiger partial charge on any atom is 0.196 e. The summed E-state index contributed by atoms with van der Waals surface area (Å²) in [4.78, 5) is 8.51. The second kappa shape index (κ2) is 8.70. The van der Waals surface area contributed by atoms with E-state index >= 15 is 0 Å². The SMILES string of the molecule is N#C/C(=C(/O)CSc1nnc(-c2cccs2)n1-c1ccccc1)c1nc2ccccc2[nH]1. The highest BCUT2D eigenvalue weighted by Crippen LogP contribution is 2.31. The third-order valence-electron chi connectivity index (χ3n) is 4.75. The van der Waals surface area contributed by atoms with Crippen LogP contribution in [0.2, 0.25) is 0 Å². The van der Waals surface area contributed by atoms with Crippen LogP contribution < -0.4 is 0 Å². The maximum atomic E-state index is 10.7. The van der Waals surface area contributed by atoms with E-state index in [9.17, 15) is 10.4 Å². The van der Waals surface area contributed by atoms with Crippen molar-refractivity contribution in [1.82, 2.24) is 24.7 Å². The van der Waals surface area contributed by atoms with Crippen molar-refractivity contribution in [3.05, 3.63) is 83.7 Å². The average molecular weight is 457 g/mol. The van der Waals surface area contributed by atoms with Gasteiger partial charge in [-0.25, -0.2) is 4.98 Å². The van der Waals surface area contributed by atoms with Crippen LogP contribution in [0.3, 0.4) is 0 Å². The number of aromatic amines is 1. The molecule has 0 saturated heterocycles. The van der Waals surface area contributed by atoms with Gasteiger partial charge in [0.05, 0.1) is 21.7 Å². The first-order valence-electron chi connectivity index (χ1n) is 9.69. The molecule has 0 bridgehead atoms. The summed E-state index contributed by atoms with van der Waals surface area (Å²) in [5.74, 6) is 1.15. The number of aliphatic hydroxyl groups excluding tert-OH is 1.